The van der Waals surface area contributed by atoms with Crippen molar-refractivity contribution in [3.63, 3.8) is 0 Å². The van der Waals surface area contributed by atoms with Crippen LogP contribution in [0.15, 0.2) is 16.6 Å². The molecule has 1 fully saturated rings. The van der Waals surface area contributed by atoms with Gasteiger partial charge in [-0.3, -0.25) is 0 Å². The smallest absolute Gasteiger partial charge is 0.339 e. The summed E-state index contributed by atoms with van der Waals surface area (Å²) in [5.74, 6) is -1.09. The molecule has 0 radical (unpaired) electrons. The number of rotatable bonds is 3. The molecule has 1 aliphatic heterocycles. The van der Waals surface area contributed by atoms with Gasteiger partial charge >= 0.3 is 5.97 Å². The number of hydrogen-bond donors (Lipinski definition) is 0. The van der Waals surface area contributed by atoms with Crippen LogP contribution in [0.2, 0.25) is 0 Å². The fraction of sp³-hybridized carbons (Fsp3) is 0.417. The quantitative estimate of drug-likeness (QED) is 0.803. The molecule has 6 heteroatoms. The zero-order valence-electron chi connectivity index (χ0n) is 9.74. The summed E-state index contributed by atoms with van der Waals surface area (Å²) in [5.41, 5.74) is 0.130. The van der Waals surface area contributed by atoms with Crippen LogP contribution in [0.25, 0.3) is 0 Å². The van der Waals surface area contributed by atoms with Crippen molar-refractivity contribution in [2.45, 2.75) is 12.5 Å². The molecule has 0 spiro atoms. The number of halogens is 2. The standard InChI is InChI=1S/C12H12BrFO4/c1-16-12(15)8-4-10(14)11(5-9(8)13)18-7-2-3-17-6-7/h4-5,7H,2-3,6H2,1H3. The van der Waals surface area contributed by atoms with Gasteiger partial charge in [-0.05, 0) is 28.1 Å². The minimum absolute atomic E-state index is 0.102. The Morgan fingerprint density at radius 2 is 2.33 bits per heavy atom. The van der Waals surface area contributed by atoms with Crippen LogP contribution < -0.4 is 4.74 Å². The lowest BCUT2D eigenvalue weighted by atomic mass is 10.2. The molecule has 4 nitrogen and oxygen atoms in total. The molecule has 0 saturated carbocycles. The Morgan fingerprint density at radius 3 is 2.94 bits per heavy atom. The summed E-state index contributed by atoms with van der Waals surface area (Å²) >= 11 is 3.19. The van der Waals surface area contributed by atoms with Crippen LogP contribution in [0.4, 0.5) is 4.39 Å². The summed E-state index contributed by atoms with van der Waals surface area (Å²) in [6.07, 6.45) is 0.589. The van der Waals surface area contributed by atoms with Crippen molar-refractivity contribution >= 4 is 21.9 Å². The molecule has 1 unspecified atom stereocenters. The Bertz CT molecular complexity index is 458. The highest BCUT2D eigenvalue weighted by atomic mass is 79.9. The molecule has 98 valence electrons. The highest BCUT2D eigenvalue weighted by molar-refractivity contribution is 9.10. The van der Waals surface area contributed by atoms with Gasteiger partial charge in [0, 0.05) is 10.9 Å². The average molecular weight is 319 g/mol. The molecule has 1 aromatic carbocycles. The predicted octanol–water partition coefficient (Wildman–Crippen LogP) is 2.54. The first-order chi connectivity index (χ1) is 8.61. The van der Waals surface area contributed by atoms with Crippen LogP contribution in [0.1, 0.15) is 16.8 Å². The Kier molecular flexibility index (Phi) is 4.19. The van der Waals surface area contributed by atoms with E-state index in [4.69, 9.17) is 9.47 Å². The molecule has 0 aromatic heterocycles. The lowest BCUT2D eigenvalue weighted by molar-refractivity contribution is 0.0599. The third kappa shape index (κ3) is 2.81. The lowest BCUT2D eigenvalue weighted by Gasteiger charge is -2.13. The van der Waals surface area contributed by atoms with E-state index in [2.05, 4.69) is 20.7 Å². The lowest BCUT2D eigenvalue weighted by Crippen LogP contribution is -2.17. The Hall–Kier alpha value is -1.14. The van der Waals surface area contributed by atoms with Crippen LogP contribution in [-0.4, -0.2) is 32.4 Å². The van der Waals surface area contributed by atoms with Gasteiger partial charge in [0.1, 0.15) is 6.10 Å². The van der Waals surface area contributed by atoms with Gasteiger partial charge in [-0.2, -0.15) is 0 Å². The van der Waals surface area contributed by atoms with Crippen molar-refractivity contribution in [3.8, 4) is 5.75 Å². The molecule has 1 aromatic rings. The van der Waals surface area contributed by atoms with E-state index in [0.29, 0.717) is 17.7 Å². The van der Waals surface area contributed by atoms with E-state index < -0.39 is 11.8 Å². The normalized spacial score (nSPS) is 18.7. The maximum absolute atomic E-state index is 13.8. The molecule has 18 heavy (non-hydrogen) atoms. The number of methoxy groups -OCH3 is 1. The number of esters is 1. The monoisotopic (exact) mass is 318 g/mol. The van der Waals surface area contributed by atoms with E-state index in [1.807, 2.05) is 0 Å². The van der Waals surface area contributed by atoms with Gasteiger partial charge < -0.3 is 14.2 Å². The van der Waals surface area contributed by atoms with Crippen molar-refractivity contribution in [2.75, 3.05) is 20.3 Å². The molecule has 0 N–H and O–H groups in total. The SMILES string of the molecule is COC(=O)c1cc(F)c(OC2CCOC2)cc1Br. The molecule has 0 bridgehead atoms. The highest BCUT2D eigenvalue weighted by Gasteiger charge is 2.21. The van der Waals surface area contributed by atoms with Crippen molar-refractivity contribution in [1.29, 1.82) is 0 Å². The van der Waals surface area contributed by atoms with Crippen LogP contribution >= 0.6 is 15.9 Å². The molecular weight excluding hydrogens is 307 g/mol. The van der Waals surface area contributed by atoms with Gasteiger partial charge in [0.2, 0.25) is 0 Å². The maximum Gasteiger partial charge on any atom is 0.339 e. The minimum atomic E-state index is -0.600. The van der Waals surface area contributed by atoms with Crippen LogP contribution in [-0.2, 0) is 9.47 Å². The first-order valence-corrected chi connectivity index (χ1v) is 6.23. The first kappa shape index (κ1) is 13.3. The fourth-order valence-corrected chi connectivity index (χ4v) is 2.15. The van der Waals surface area contributed by atoms with Gasteiger partial charge in [0.15, 0.2) is 11.6 Å². The van der Waals surface area contributed by atoms with Crippen molar-refractivity contribution in [2.24, 2.45) is 0 Å². The molecule has 1 heterocycles. The summed E-state index contributed by atoms with van der Waals surface area (Å²) in [4.78, 5) is 11.4. The summed E-state index contributed by atoms with van der Waals surface area (Å²) in [5, 5.41) is 0. The predicted molar refractivity (Wildman–Crippen MR) is 65.3 cm³/mol. The number of ether oxygens (including phenoxy) is 3. The third-order valence-electron chi connectivity index (χ3n) is 2.61. The van der Waals surface area contributed by atoms with Gasteiger partial charge in [-0.1, -0.05) is 0 Å². The Labute approximate surface area is 112 Å². The average Bonchev–Trinajstić information content (AvgIpc) is 2.85. The second kappa shape index (κ2) is 5.67. The molecular formula is C12H12BrFO4. The van der Waals surface area contributed by atoms with E-state index in [9.17, 15) is 9.18 Å². The third-order valence-corrected chi connectivity index (χ3v) is 3.26. The second-order valence-corrected chi connectivity index (χ2v) is 4.71. The van der Waals surface area contributed by atoms with Crippen molar-refractivity contribution in [3.05, 3.63) is 28.0 Å². The van der Waals surface area contributed by atoms with Gasteiger partial charge in [0.05, 0.1) is 25.9 Å². The molecule has 0 aliphatic carbocycles. The Morgan fingerprint density at radius 1 is 1.56 bits per heavy atom. The topological polar surface area (TPSA) is 44.8 Å². The second-order valence-electron chi connectivity index (χ2n) is 3.86. The van der Waals surface area contributed by atoms with Gasteiger partial charge in [-0.25, -0.2) is 9.18 Å². The molecule has 1 aliphatic rings. The summed E-state index contributed by atoms with van der Waals surface area (Å²) < 4.78 is 29.4. The van der Waals surface area contributed by atoms with Crippen LogP contribution in [0.5, 0.6) is 5.75 Å². The number of carbonyl (C=O) groups excluding carboxylic acids is 1. The molecule has 2 rings (SSSR count). The van der Waals surface area contributed by atoms with E-state index in [0.717, 1.165) is 12.5 Å². The van der Waals surface area contributed by atoms with Crippen molar-refractivity contribution in [1.82, 2.24) is 0 Å². The molecule has 1 atom stereocenters. The summed E-state index contributed by atoms with van der Waals surface area (Å²) in [6, 6.07) is 2.53. The number of benzene rings is 1. The minimum Gasteiger partial charge on any atom is -0.485 e. The van der Waals surface area contributed by atoms with E-state index in [1.54, 1.807) is 0 Å². The van der Waals surface area contributed by atoms with E-state index in [-0.39, 0.29) is 17.4 Å². The summed E-state index contributed by atoms with van der Waals surface area (Å²) in [6.45, 7) is 1.07. The maximum atomic E-state index is 13.8. The number of carbonyl (C=O) groups is 1. The fourth-order valence-electron chi connectivity index (χ4n) is 1.67. The summed E-state index contributed by atoms with van der Waals surface area (Å²) in [7, 11) is 1.24. The van der Waals surface area contributed by atoms with Crippen molar-refractivity contribution < 1.29 is 23.4 Å². The first-order valence-electron chi connectivity index (χ1n) is 5.43. The van der Waals surface area contributed by atoms with E-state index in [1.165, 1.54) is 13.2 Å². The highest BCUT2D eigenvalue weighted by Crippen LogP contribution is 2.28. The zero-order chi connectivity index (χ0) is 13.1. The van der Waals surface area contributed by atoms with Crippen LogP contribution in [0.3, 0.4) is 0 Å². The zero-order valence-corrected chi connectivity index (χ0v) is 11.3. The molecule has 0 amide bonds. The molecule has 1 saturated heterocycles. The number of hydrogen-bond acceptors (Lipinski definition) is 4. The van der Waals surface area contributed by atoms with E-state index >= 15 is 0 Å². The largest absolute Gasteiger partial charge is 0.485 e. The Balaban J connectivity index is 2.22. The van der Waals surface area contributed by atoms with Gasteiger partial charge in [-0.15, -0.1) is 0 Å². The van der Waals surface area contributed by atoms with Gasteiger partial charge in [0.25, 0.3) is 0 Å². The van der Waals surface area contributed by atoms with Crippen LogP contribution in [0, 0.1) is 5.82 Å².